The van der Waals surface area contributed by atoms with Gasteiger partial charge in [0.25, 0.3) is 5.56 Å². The number of anilines is 1. The molecule has 0 bridgehead atoms. The second-order valence-corrected chi connectivity index (χ2v) is 10.0. The van der Waals surface area contributed by atoms with Crippen molar-refractivity contribution >= 4 is 30.9 Å². The number of hydrogen-bond donors (Lipinski definition) is 2. The summed E-state index contributed by atoms with van der Waals surface area (Å²) in [7, 11) is -2.53. The highest BCUT2D eigenvalue weighted by Gasteiger charge is 2.27. The summed E-state index contributed by atoms with van der Waals surface area (Å²) < 4.78 is 59.5. The van der Waals surface area contributed by atoms with Crippen molar-refractivity contribution in [3.05, 3.63) is 76.6 Å². The lowest BCUT2D eigenvalue weighted by Crippen LogP contribution is -2.15. The van der Waals surface area contributed by atoms with Crippen LogP contribution < -0.4 is 20.8 Å². The van der Waals surface area contributed by atoms with Crippen molar-refractivity contribution in [1.29, 1.82) is 0 Å². The molecule has 0 spiro atoms. The Morgan fingerprint density at radius 3 is 2.67 bits per heavy atom. The van der Waals surface area contributed by atoms with Crippen LogP contribution in [0.1, 0.15) is 5.56 Å². The molecule has 0 aliphatic carbocycles. The van der Waals surface area contributed by atoms with E-state index in [4.69, 9.17) is 33.7 Å². The van der Waals surface area contributed by atoms with E-state index in [2.05, 4.69) is 15.0 Å². The average Bonchev–Trinajstić information content (AvgIpc) is 3.33. The molecule has 0 saturated heterocycles. The van der Waals surface area contributed by atoms with Crippen LogP contribution in [-0.4, -0.2) is 52.5 Å². The van der Waals surface area contributed by atoms with E-state index < -0.39 is 38.3 Å². The predicted octanol–water partition coefficient (Wildman–Crippen LogP) is 3.42. The molecule has 1 unspecified atom stereocenters. The first-order valence-electron chi connectivity index (χ1n) is 11.6. The fourth-order valence-electron chi connectivity index (χ4n) is 3.31. The van der Waals surface area contributed by atoms with Crippen LogP contribution in [0.4, 0.5) is 15.1 Å². The minimum Gasteiger partial charge on any atom is -0.497 e. The van der Waals surface area contributed by atoms with Gasteiger partial charge in [-0.05, 0) is 42.0 Å². The molecule has 0 saturated carbocycles. The molecule has 4 rings (SSSR count). The number of carbonyl (C=O) groups excluding carboxylic acids is 1. The van der Waals surface area contributed by atoms with Gasteiger partial charge in [-0.1, -0.05) is 12.1 Å². The zero-order valence-electron chi connectivity index (χ0n) is 21.2. The Morgan fingerprint density at radius 2 is 1.93 bits per heavy atom. The van der Waals surface area contributed by atoms with E-state index in [9.17, 15) is 18.5 Å². The number of nitrogens with two attached hydrogens (primary N) is 1. The Morgan fingerprint density at radius 1 is 1.15 bits per heavy atom. The summed E-state index contributed by atoms with van der Waals surface area (Å²) >= 11 is 0. The van der Waals surface area contributed by atoms with Crippen LogP contribution in [0.25, 0.3) is 11.2 Å². The predicted molar refractivity (Wildman–Crippen MR) is 138 cm³/mol. The number of ether oxygens (including phenoxy) is 4. The van der Waals surface area contributed by atoms with Crippen molar-refractivity contribution in [3.63, 3.8) is 0 Å². The molecule has 2 heterocycles. The smallest absolute Gasteiger partial charge is 0.497 e. The summed E-state index contributed by atoms with van der Waals surface area (Å²) in [5, 5.41) is 0. The number of aromatic nitrogens is 4. The van der Waals surface area contributed by atoms with Gasteiger partial charge in [0.2, 0.25) is 12.7 Å². The van der Waals surface area contributed by atoms with Crippen LogP contribution in [0, 0.1) is 5.82 Å². The minimum absolute atomic E-state index is 0.0170. The maximum Gasteiger partial charge on any atom is 0.515 e. The fourth-order valence-corrected chi connectivity index (χ4v) is 4.44. The normalized spacial score (nSPS) is 12.7. The molecule has 2 aromatic carbocycles. The van der Waals surface area contributed by atoms with Crippen molar-refractivity contribution in [3.8, 4) is 11.5 Å². The Labute approximate surface area is 226 Å². The summed E-state index contributed by atoms with van der Waals surface area (Å²) in [5.41, 5.74) is 5.84. The van der Waals surface area contributed by atoms with Gasteiger partial charge in [-0.2, -0.15) is 4.98 Å². The van der Waals surface area contributed by atoms with Crippen molar-refractivity contribution in [2.24, 2.45) is 0 Å². The Bertz CT molecular complexity index is 1560. The third-order valence-electron chi connectivity index (χ3n) is 5.22. The Hall–Kier alpha value is -4.30. The van der Waals surface area contributed by atoms with E-state index >= 15 is 0 Å². The minimum atomic E-state index is -4.03. The zero-order chi connectivity index (χ0) is 28.5. The lowest BCUT2D eigenvalue weighted by Gasteiger charge is -2.19. The van der Waals surface area contributed by atoms with Gasteiger partial charge in [-0.25, -0.2) is 14.2 Å². The molecule has 4 aromatic rings. The highest BCUT2D eigenvalue weighted by atomic mass is 31.2. The van der Waals surface area contributed by atoms with Crippen LogP contribution in [0.5, 0.6) is 11.5 Å². The molecule has 16 heteroatoms. The quantitative estimate of drug-likeness (QED) is 0.0779. The summed E-state index contributed by atoms with van der Waals surface area (Å²) in [6, 6.07) is 11.6. The number of fused-ring (bicyclic) bond motifs is 1. The average molecular weight is 577 g/mol. The molecule has 212 valence electrons. The van der Waals surface area contributed by atoms with Gasteiger partial charge in [-0.15, -0.1) is 0 Å². The van der Waals surface area contributed by atoms with Gasteiger partial charge in [0.05, 0.1) is 26.7 Å². The Kier molecular flexibility index (Phi) is 9.45. The lowest BCUT2D eigenvalue weighted by molar-refractivity contribution is 0.0153. The zero-order valence-corrected chi connectivity index (χ0v) is 22.0. The maximum atomic E-state index is 13.5. The molecule has 1 atom stereocenters. The third kappa shape index (κ3) is 7.86. The van der Waals surface area contributed by atoms with Crippen LogP contribution in [0.15, 0.2) is 59.7 Å². The molecule has 0 radical (unpaired) electrons. The van der Waals surface area contributed by atoms with Gasteiger partial charge in [0.1, 0.15) is 23.7 Å². The van der Waals surface area contributed by atoms with Gasteiger partial charge in [0.15, 0.2) is 11.2 Å². The molecule has 0 fully saturated rings. The van der Waals surface area contributed by atoms with Crippen LogP contribution in [0.3, 0.4) is 0 Å². The van der Waals surface area contributed by atoms with Crippen LogP contribution in [-0.2, 0) is 36.2 Å². The van der Waals surface area contributed by atoms with Gasteiger partial charge < -0.3 is 33.8 Å². The first-order chi connectivity index (χ1) is 19.2. The van der Waals surface area contributed by atoms with Crippen LogP contribution in [0.2, 0.25) is 0 Å². The number of rotatable bonds is 13. The molecule has 0 amide bonds. The summed E-state index contributed by atoms with van der Waals surface area (Å²) in [6.45, 7) is -0.901. The van der Waals surface area contributed by atoms with Gasteiger partial charge >= 0.3 is 13.8 Å². The van der Waals surface area contributed by atoms with Gasteiger partial charge in [0, 0.05) is 6.54 Å². The SMILES string of the molecule is COc1ccc(OC(=O)OCOP(=O)(COCCn2cnc3c(=O)[nH]c(N)nc32)OCc2cccc(F)c2)cc1. The number of imidazole rings is 1. The third-order valence-corrected chi connectivity index (χ3v) is 6.74. The highest BCUT2D eigenvalue weighted by molar-refractivity contribution is 7.53. The van der Waals surface area contributed by atoms with E-state index in [1.54, 1.807) is 18.2 Å². The first kappa shape index (κ1) is 28.7. The number of methoxy groups -OCH3 is 1. The number of hydrogen-bond acceptors (Lipinski definition) is 12. The standard InChI is InChI=1S/C24H25FN5O9P/c1-34-18-5-7-19(8-6-18)39-24(32)36-14-38-40(33,37-12-16-3-2-4-17(25)11-16)15-35-10-9-30-13-27-20-21(30)28-23(26)29-22(20)31/h2-8,11,13H,9-10,12,14-15H2,1H3,(H3,26,28,29,31). The largest absolute Gasteiger partial charge is 0.515 e. The number of nitrogens with one attached hydrogen (secondary N) is 1. The van der Waals surface area contributed by atoms with E-state index in [1.165, 1.54) is 48.3 Å². The topological polar surface area (TPSA) is 179 Å². The monoisotopic (exact) mass is 577 g/mol. The van der Waals surface area contributed by atoms with Crippen LogP contribution >= 0.6 is 7.60 Å². The lowest BCUT2D eigenvalue weighted by atomic mass is 10.2. The molecule has 40 heavy (non-hydrogen) atoms. The van der Waals surface area contributed by atoms with Gasteiger partial charge in [-0.3, -0.25) is 18.9 Å². The molecule has 2 aromatic heterocycles. The number of halogens is 1. The summed E-state index contributed by atoms with van der Waals surface area (Å²) in [4.78, 5) is 34.3. The van der Waals surface area contributed by atoms with Crippen molar-refractivity contribution in [2.45, 2.75) is 13.2 Å². The summed E-state index contributed by atoms with van der Waals surface area (Å²) in [6.07, 6.45) is -0.271. The molecule has 0 aliphatic rings. The van der Waals surface area contributed by atoms with Crippen molar-refractivity contribution in [1.82, 2.24) is 19.5 Å². The van der Waals surface area contributed by atoms with Crippen molar-refractivity contribution < 1.29 is 41.7 Å². The fraction of sp³-hybridized carbons (Fsp3) is 0.250. The summed E-state index contributed by atoms with van der Waals surface area (Å²) in [5.74, 6) is 0.174. The Balaban J connectivity index is 1.33. The molecular weight excluding hydrogens is 552 g/mol. The van der Waals surface area contributed by atoms with E-state index in [0.29, 0.717) is 11.3 Å². The second kappa shape index (κ2) is 13.2. The number of benzene rings is 2. The van der Waals surface area contributed by atoms with E-state index in [-0.39, 0.29) is 42.6 Å². The molecule has 3 N–H and O–H groups in total. The number of nitrogen functional groups attached to an aromatic ring is 1. The maximum absolute atomic E-state index is 13.5. The number of nitrogens with zero attached hydrogens (tertiary/aromatic N) is 3. The number of aromatic amines is 1. The number of H-pyrrole nitrogens is 1. The molecule has 0 aliphatic heterocycles. The highest BCUT2D eigenvalue weighted by Crippen LogP contribution is 2.49. The van der Waals surface area contributed by atoms with Crippen molar-refractivity contribution in [2.75, 3.05) is 32.6 Å². The van der Waals surface area contributed by atoms with E-state index in [1.807, 2.05) is 0 Å². The molecular formula is C24H25FN5O9P. The number of carbonyl (C=O) groups is 1. The second-order valence-electron chi connectivity index (χ2n) is 8.03. The molecule has 14 nitrogen and oxygen atoms in total. The first-order valence-corrected chi connectivity index (χ1v) is 13.4. The van der Waals surface area contributed by atoms with E-state index in [0.717, 1.165) is 0 Å².